The number of likely N-dealkylation sites (tertiary alicyclic amines) is 1. The number of unbranched alkanes of at least 4 members (excludes halogenated alkanes) is 1. The van der Waals surface area contributed by atoms with Gasteiger partial charge < -0.3 is 19.3 Å². The molecular formula is C35H53N5O5. The minimum Gasteiger partial charge on any atom is -0.444 e. The van der Waals surface area contributed by atoms with E-state index >= 15 is 0 Å². The first-order valence-electron chi connectivity index (χ1n) is 16.7. The molecule has 2 heterocycles. The number of carbonyl (C=O) groups is 3. The molecule has 1 saturated heterocycles. The first-order valence-corrected chi connectivity index (χ1v) is 16.7. The van der Waals surface area contributed by atoms with E-state index in [1.54, 1.807) is 16.7 Å². The summed E-state index contributed by atoms with van der Waals surface area (Å²) in [6, 6.07) is 9.57. The molecule has 2 amide bonds. The number of piperidine rings is 1. The van der Waals surface area contributed by atoms with Gasteiger partial charge in [-0.1, -0.05) is 37.3 Å². The van der Waals surface area contributed by atoms with Crippen LogP contribution in [0.25, 0.3) is 5.69 Å². The molecule has 3 atom stereocenters. The fourth-order valence-electron chi connectivity index (χ4n) is 6.77. The second-order valence-electron chi connectivity index (χ2n) is 14.3. The van der Waals surface area contributed by atoms with E-state index in [0.717, 1.165) is 49.9 Å². The van der Waals surface area contributed by atoms with Gasteiger partial charge in [-0.25, -0.2) is 9.48 Å². The zero-order valence-corrected chi connectivity index (χ0v) is 28.2. The maximum atomic E-state index is 14.6. The molecular weight excluding hydrogens is 570 g/mol. The third-order valence-corrected chi connectivity index (χ3v) is 8.66. The number of Topliss-reactive ketones (excluding diaryl/α,β-unsaturated/α-hetero) is 1. The fourth-order valence-corrected chi connectivity index (χ4v) is 6.77. The molecule has 1 aromatic heterocycles. The lowest BCUT2D eigenvalue weighted by atomic mass is 9.79. The molecule has 2 unspecified atom stereocenters. The number of hydrogen-bond acceptors (Lipinski definition) is 7. The van der Waals surface area contributed by atoms with Gasteiger partial charge in [0.1, 0.15) is 11.4 Å². The molecule has 0 radical (unpaired) electrons. The summed E-state index contributed by atoms with van der Waals surface area (Å²) >= 11 is 0. The van der Waals surface area contributed by atoms with Crippen LogP contribution in [0.1, 0.15) is 102 Å². The third kappa shape index (κ3) is 9.86. The quantitative estimate of drug-likeness (QED) is 0.263. The minimum atomic E-state index is -0.629. The SMILES string of the molecule is COCCCCc1c(C(=O)N(CC(C)C)[C@H]2CC(CC3CCCC(=O)C3)CN(C(=O)OC(C)(C)C)C2)nnn1-c1ccccc1. The second-order valence-corrected chi connectivity index (χ2v) is 14.3. The molecule has 4 rings (SSSR count). The van der Waals surface area contributed by atoms with Crippen LogP contribution >= 0.6 is 0 Å². The highest BCUT2D eigenvalue weighted by molar-refractivity contribution is 5.93. The molecule has 10 heteroatoms. The van der Waals surface area contributed by atoms with Gasteiger partial charge in [-0.15, -0.1) is 5.10 Å². The highest BCUT2D eigenvalue weighted by Gasteiger charge is 2.39. The van der Waals surface area contributed by atoms with Crippen molar-refractivity contribution in [1.29, 1.82) is 0 Å². The number of ether oxygens (including phenoxy) is 2. The third-order valence-electron chi connectivity index (χ3n) is 8.66. The van der Waals surface area contributed by atoms with Gasteiger partial charge in [0.05, 0.1) is 17.4 Å². The van der Waals surface area contributed by atoms with E-state index in [9.17, 15) is 14.4 Å². The Bertz CT molecular complexity index is 1270. The van der Waals surface area contributed by atoms with E-state index < -0.39 is 5.60 Å². The molecule has 2 fully saturated rings. The first kappa shape index (κ1) is 34.6. The molecule has 1 aliphatic heterocycles. The van der Waals surface area contributed by atoms with Crippen molar-refractivity contribution in [2.75, 3.05) is 33.4 Å². The van der Waals surface area contributed by atoms with Crippen LogP contribution in [0, 0.1) is 17.8 Å². The number of rotatable bonds is 12. The lowest BCUT2D eigenvalue weighted by molar-refractivity contribution is -0.121. The number of para-hydroxylation sites is 1. The average molecular weight is 624 g/mol. The van der Waals surface area contributed by atoms with Gasteiger partial charge >= 0.3 is 6.09 Å². The summed E-state index contributed by atoms with van der Waals surface area (Å²) in [6.07, 6.45) is 6.82. The number of amides is 2. The average Bonchev–Trinajstić information content (AvgIpc) is 3.41. The summed E-state index contributed by atoms with van der Waals surface area (Å²) < 4.78 is 12.9. The van der Waals surface area contributed by atoms with E-state index in [-0.39, 0.29) is 29.9 Å². The molecule has 0 N–H and O–H groups in total. The summed E-state index contributed by atoms with van der Waals surface area (Å²) in [4.78, 5) is 44.0. The van der Waals surface area contributed by atoms with Crippen molar-refractivity contribution in [3.05, 3.63) is 41.7 Å². The van der Waals surface area contributed by atoms with Crippen molar-refractivity contribution < 1.29 is 23.9 Å². The van der Waals surface area contributed by atoms with Gasteiger partial charge in [0.15, 0.2) is 5.69 Å². The van der Waals surface area contributed by atoms with Crippen LogP contribution in [0.5, 0.6) is 0 Å². The van der Waals surface area contributed by atoms with E-state index in [0.29, 0.717) is 62.9 Å². The Labute approximate surface area is 268 Å². The highest BCUT2D eigenvalue weighted by atomic mass is 16.6. The van der Waals surface area contributed by atoms with Crippen LogP contribution in [0.3, 0.4) is 0 Å². The van der Waals surface area contributed by atoms with Crippen molar-refractivity contribution in [2.24, 2.45) is 17.8 Å². The second kappa shape index (κ2) is 15.8. The number of carbonyl (C=O) groups excluding carboxylic acids is 3. The molecule has 45 heavy (non-hydrogen) atoms. The van der Waals surface area contributed by atoms with Crippen molar-refractivity contribution in [1.82, 2.24) is 24.8 Å². The zero-order valence-electron chi connectivity index (χ0n) is 28.2. The monoisotopic (exact) mass is 623 g/mol. The lowest BCUT2D eigenvalue weighted by Gasteiger charge is -2.44. The number of benzene rings is 1. The van der Waals surface area contributed by atoms with Crippen LogP contribution in [0.4, 0.5) is 4.79 Å². The maximum absolute atomic E-state index is 14.6. The van der Waals surface area contributed by atoms with Crippen LogP contribution in [-0.4, -0.2) is 87.6 Å². The Morgan fingerprint density at radius 2 is 1.84 bits per heavy atom. The predicted octanol–water partition coefficient (Wildman–Crippen LogP) is 6.11. The fraction of sp³-hybridized carbons (Fsp3) is 0.686. The Kier molecular flexibility index (Phi) is 12.2. The Morgan fingerprint density at radius 3 is 2.51 bits per heavy atom. The van der Waals surface area contributed by atoms with Crippen molar-refractivity contribution in [3.63, 3.8) is 0 Å². The lowest BCUT2D eigenvalue weighted by Crippen LogP contribution is -2.56. The number of methoxy groups -OCH3 is 1. The Balaban J connectivity index is 1.65. The van der Waals surface area contributed by atoms with Gasteiger partial charge in [-0.2, -0.15) is 0 Å². The van der Waals surface area contributed by atoms with E-state index in [4.69, 9.17) is 9.47 Å². The standard InChI is InChI=1S/C35H53N5O5/c1-25(2)22-39(33(42)32-31(17-10-11-18-44-6)40(37-36-32)28-14-8-7-9-15-28)29-20-27(19-26-13-12-16-30(41)21-26)23-38(24-29)34(43)45-35(3,4)5/h7-9,14-15,25-27,29H,10-13,16-24H2,1-6H3/t26?,27?,29-/m0/s1. The summed E-state index contributed by atoms with van der Waals surface area (Å²) in [5.41, 5.74) is 1.38. The predicted molar refractivity (Wildman–Crippen MR) is 173 cm³/mol. The van der Waals surface area contributed by atoms with Gasteiger partial charge in [-0.05, 0) is 95.6 Å². The summed E-state index contributed by atoms with van der Waals surface area (Å²) in [6.45, 7) is 12.0. The largest absolute Gasteiger partial charge is 0.444 e. The zero-order chi connectivity index (χ0) is 32.6. The maximum Gasteiger partial charge on any atom is 0.410 e. The smallest absolute Gasteiger partial charge is 0.410 e. The molecule has 248 valence electrons. The van der Waals surface area contributed by atoms with E-state index in [2.05, 4.69) is 24.2 Å². The number of nitrogens with zero attached hydrogens (tertiary/aromatic N) is 5. The first-order chi connectivity index (χ1) is 21.4. The minimum absolute atomic E-state index is 0.156. The Hall–Kier alpha value is -3.27. The van der Waals surface area contributed by atoms with Gasteiger partial charge in [-0.3, -0.25) is 9.59 Å². The molecule has 2 aromatic rings. The topological polar surface area (TPSA) is 107 Å². The number of hydrogen-bond donors (Lipinski definition) is 0. The summed E-state index contributed by atoms with van der Waals surface area (Å²) in [7, 11) is 1.69. The summed E-state index contributed by atoms with van der Waals surface area (Å²) in [5.74, 6) is 0.848. The molecule has 1 aliphatic carbocycles. The molecule has 0 spiro atoms. The highest BCUT2D eigenvalue weighted by Crippen LogP contribution is 2.34. The molecule has 10 nitrogen and oxygen atoms in total. The molecule has 1 saturated carbocycles. The van der Waals surface area contributed by atoms with Crippen LogP contribution in [-0.2, 0) is 20.7 Å². The summed E-state index contributed by atoms with van der Waals surface area (Å²) in [5, 5.41) is 8.95. The number of aromatic nitrogens is 3. The van der Waals surface area contributed by atoms with Gasteiger partial charge in [0, 0.05) is 46.2 Å². The van der Waals surface area contributed by atoms with Crippen LogP contribution < -0.4 is 0 Å². The van der Waals surface area contributed by atoms with E-state index in [1.165, 1.54) is 0 Å². The number of ketones is 1. The van der Waals surface area contributed by atoms with Crippen molar-refractivity contribution in [2.45, 2.75) is 104 Å². The Morgan fingerprint density at radius 1 is 1.09 bits per heavy atom. The van der Waals surface area contributed by atoms with Crippen LogP contribution in [0.15, 0.2) is 30.3 Å². The van der Waals surface area contributed by atoms with Crippen LogP contribution in [0.2, 0.25) is 0 Å². The molecule has 2 aliphatic rings. The van der Waals surface area contributed by atoms with Gasteiger partial charge in [0.25, 0.3) is 5.91 Å². The van der Waals surface area contributed by atoms with E-state index in [1.807, 2.05) is 56.0 Å². The van der Waals surface area contributed by atoms with Crippen molar-refractivity contribution >= 4 is 17.8 Å². The van der Waals surface area contributed by atoms with Gasteiger partial charge in [0.2, 0.25) is 0 Å². The normalized spacial score (nSPS) is 20.8. The molecule has 1 aromatic carbocycles. The van der Waals surface area contributed by atoms with Crippen molar-refractivity contribution in [3.8, 4) is 5.69 Å². The molecule has 0 bridgehead atoms.